The fraction of sp³-hybridized carbons (Fsp3) is 0.353. The minimum absolute atomic E-state index is 0.0180. The van der Waals surface area contributed by atoms with Crippen molar-refractivity contribution in [2.75, 3.05) is 18.4 Å². The lowest BCUT2D eigenvalue weighted by molar-refractivity contribution is -0.117. The first-order valence-corrected chi connectivity index (χ1v) is 8.56. The predicted molar refractivity (Wildman–Crippen MR) is 96.0 cm³/mol. The average Bonchev–Trinajstić information content (AvgIpc) is 2.55. The summed E-state index contributed by atoms with van der Waals surface area (Å²) in [6, 6.07) is 7.45. The number of benzene rings is 1. The second kappa shape index (κ2) is 6.86. The molecule has 6 nitrogen and oxygen atoms in total. The summed E-state index contributed by atoms with van der Waals surface area (Å²) in [5.74, 6) is 0.637. The van der Waals surface area contributed by atoms with Gasteiger partial charge in [0.15, 0.2) is 0 Å². The quantitative estimate of drug-likeness (QED) is 0.868. The number of rotatable bonds is 3. The molecule has 3 rings (SSSR count). The fourth-order valence-electron chi connectivity index (χ4n) is 2.81. The number of nitrogens with zero attached hydrogens (tertiary/aromatic N) is 3. The molecule has 2 aromatic rings. The molecule has 0 saturated heterocycles. The van der Waals surface area contributed by atoms with Gasteiger partial charge in [-0.15, -0.1) is 0 Å². The molecule has 7 heteroatoms. The van der Waals surface area contributed by atoms with Crippen LogP contribution in [0.3, 0.4) is 0 Å². The first-order chi connectivity index (χ1) is 11.4. The van der Waals surface area contributed by atoms with E-state index in [1.807, 2.05) is 36.1 Å². The highest BCUT2D eigenvalue weighted by Gasteiger charge is 2.23. The normalized spacial score (nSPS) is 14.3. The maximum absolute atomic E-state index is 12.4. The summed E-state index contributed by atoms with van der Waals surface area (Å²) in [7, 11) is 1.73. The Morgan fingerprint density at radius 2 is 2.04 bits per heavy atom. The van der Waals surface area contributed by atoms with Crippen molar-refractivity contribution in [3.05, 3.63) is 56.2 Å². The molecule has 0 unspecified atom stereocenters. The maximum atomic E-state index is 12.4. The van der Waals surface area contributed by atoms with Gasteiger partial charge in [-0.05, 0) is 31.2 Å². The van der Waals surface area contributed by atoms with E-state index in [4.69, 9.17) is 0 Å². The van der Waals surface area contributed by atoms with Gasteiger partial charge in [-0.3, -0.25) is 19.1 Å². The number of aromatic nitrogens is 2. The molecule has 1 aromatic carbocycles. The van der Waals surface area contributed by atoms with Gasteiger partial charge in [-0.1, -0.05) is 15.9 Å². The van der Waals surface area contributed by atoms with Crippen molar-refractivity contribution >= 4 is 27.5 Å². The van der Waals surface area contributed by atoms with Crippen LogP contribution in [0.25, 0.3) is 0 Å². The lowest BCUT2D eigenvalue weighted by atomic mass is 10.1. The summed E-state index contributed by atoms with van der Waals surface area (Å²) in [5, 5.41) is 2.88. The van der Waals surface area contributed by atoms with Gasteiger partial charge in [0.2, 0.25) is 5.91 Å². The van der Waals surface area contributed by atoms with Crippen molar-refractivity contribution in [1.29, 1.82) is 0 Å². The van der Waals surface area contributed by atoms with Crippen molar-refractivity contribution in [2.45, 2.75) is 19.9 Å². The molecule has 2 heterocycles. The second-order valence-corrected chi connectivity index (χ2v) is 6.88. The summed E-state index contributed by atoms with van der Waals surface area (Å²) in [6.45, 7) is 3.27. The van der Waals surface area contributed by atoms with E-state index in [2.05, 4.69) is 26.2 Å². The summed E-state index contributed by atoms with van der Waals surface area (Å²) in [6.07, 6.45) is 0.692. The van der Waals surface area contributed by atoms with Gasteiger partial charge in [-0.25, -0.2) is 4.98 Å². The molecular formula is C17H19BrN4O2. The molecule has 1 aromatic heterocycles. The number of aryl methyl sites for hydroxylation is 1. The minimum Gasteiger partial charge on any atom is -0.325 e. The number of anilines is 1. The third-order valence-corrected chi connectivity index (χ3v) is 4.76. The lowest BCUT2D eigenvalue weighted by Crippen LogP contribution is -2.41. The molecule has 0 radical (unpaired) electrons. The van der Waals surface area contributed by atoms with Crippen LogP contribution >= 0.6 is 15.9 Å². The Morgan fingerprint density at radius 1 is 1.33 bits per heavy atom. The zero-order valence-electron chi connectivity index (χ0n) is 13.7. The van der Waals surface area contributed by atoms with Crippen molar-refractivity contribution in [3.8, 4) is 0 Å². The van der Waals surface area contributed by atoms with Gasteiger partial charge in [0.1, 0.15) is 5.82 Å². The SMILES string of the molecule is Cc1nc2c(c(=O)n1C)CN(CC(=O)Nc1ccc(Br)cc1)CC2. The second-order valence-electron chi connectivity index (χ2n) is 5.96. The molecule has 0 spiro atoms. The average molecular weight is 391 g/mol. The number of hydrogen-bond donors (Lipinski definition) is 1. The molecule has 0 aliphatic carbocycles. The zero-order valence-corrected chi connectivity index (χ0v) is 15.3. The fourth-order valence-corrected chi connectivity index (χ4v) is 3.08. The van der Waals surface area contributed by atoms with Crippen LogP contribution in [-0.2, 0) is 24.8 Å². The number of halogens is 1. The number of fused-ring (bicyclic) bond motifs is 1. The number of hydrogen-bond acceptors (Lipinski definition) is 4. The van der Waals surface area contributed by atoms with Crippen LogP contribution < -0.4 is 10.9 Å². The highest BCUT2D eigenvalue weighted by Crippen LogP contribution is 2.16. The molecule has 1 N–H and O–H groups in total. The number of nitrogens with one attached hydrogen (secondary N) is 1. The Hall–Kier alpha value is -1.99. The summed E-state index contributed by atoms with van der Waals surface area (Å²) < 4.78 is 2.52. The Kier molecular flexibility index (Phi) is 4.82. The standard InChI is InChI=1S/C17H19BrN4O2/c1-11-19-15-7-8-22(9-14(15)17(24)21(11)2)10-16(23)20-13-5-3-12(18)4-6-13/h3-6H,7-10H2,1-2H3,(H,20,23). The molecule has 1 amide bonds. The highest BCUT2D eigenvalue weighted by molar-refractivity contribution is 9.10. The lowest BCUT2D eigenvalue weighted by Gasteiger charge is -2.27. The van der Waals surface area contributed by atoms with E-state index in [0.717, 1.165) is 28.2 Å². The molecular weight excluding hydrogens is 372 g/mol. The number of carbonyl (C=O) groups excluding carboxylic acids is 1. The van der Waals surface area contributed by atoms with Gasteiger partial charge in [0.25, 0.3) is 5.56 Å². The third-order valence-electron chi connectivity index (χ3n) is 4.24. The van der Waals surface area contributed by atoms with Gasteiger partial charge in [-0.2, -0.15) is 0 Å². The maximum Gasteiger partial charge on any atom is 0.257 e. The molecule has 126 valence electrons. The van der Waals surface area contributed by atoms with Gasteiger partial charge < -0.3 is 5.32 Å². The molecule has 1 aliphatic rings. The smallest absolute Gasteiger partial charge is 0.257 e. The van der Waals surface area contributed by atoms with Crippen LogP contribution in [0.15, 0.2) is 33.5 Å². The van der Waals surface area contributed by atoms with Crippen LogP contribution in [0.1, 0.15) is 17.1 Å². The Labute approximate surface area is 148 Å². The highest BCUT2D eigenvalue weighted by atomic mass is 79.9. The molecule has 0 bridgehead atoms. The van der Waals surface area contributed by atoms with Crippen LogP contribution in [-0.4, -0.2) is 33.4 Å². The van der Waals surface area contributed by atoms with Crippen LogP contribution in [0.4, 0.5) is 5.69 Å². The summed E-state index contributed by atoms with van der Waals surface area (Å²) >= 11 is 3.37. The number of amides is 1. The van der Waals surface area contributed by atoms with E-state index in [-0.39, 0.29) is 18.0 Å². The van der Waals surface area contributed by atoms with Crippen molar-refractivity contribution in [2.24, 2.45) is 7.05 Å². The van der Waals surface area contributed by atoms with Crippen molar-refractivity contribution in [3.63, 3.8) is 0 Å². The van der Waals surface area contributed by atoms with Crippen LogP contribution in [0.2, 0.25) is 0 Å². The largest absolute Gasteiger partial charge is 0.325 e. The van der Waals surface area contributed by atoms with E-state index in [1.165, 1.54) is 0 Å². The first kappa shape index (κ1) is 16.9. The van der Waals surface area contributed by atoms with E-state index in [1.54, 1.807) is 11.6 Å². The van der Waals surface area contributed by atoms with Gasteiger partial charge in [0, 0.05) is 36.7 Å². The molecule has 1 aliphatic heterocycles. The summed E-state index contributed by atoms with van der Waals surface area (Å²) in [4.78, 5) is 31.1. The van der Waals surface area contributed by atoms with Crippen LogP contribution in [0.5, 0.6) is 0 Å². The van der Waals surface area contributed by atoms with Crippen LogP contribution in [0, 0.1) is 6.92 Å². The zero-order chi connectivity index (χ0) is 17.3. The molecule has 0 atom stereocenters. The number of carbonyl (C=O) groups is 1. The monoisotopic (exact) mass is 390 g/mol. The van der Waals surface area contributed by atoms with Crippen molar-refractivity contribution < 1.29 is 4.79 Å². The Bertz CT molecular complexity index is 830. The van der Waals surface area contributed by atoms with E-state index >= 15 is 0 Å². The van der Waals surface area contributed by atoms with E-state index in [0.29, 0.717) is 18.5 Å². The topological polar surface area (TPSA) is 67.2 Å². The third kappa shape index (κ3) is 3.57. The first-order valence-electron chi connectivity index (χ1n) is 7.77. The predicted octanol–water partition coefficient (Wildman–Crippen LogP) is 1.85. The molecule has 24 heavy (non-hydrogen) atoms. The molecule has 0 fully saturated rings. The summed E-state index contributed by atoms with van der Waals surface area (Å²) in [5.41, 5.74) is 2.30. The van der Waals surface area contributed by atoms with E-state index < -0.39 is 0 Å². The minimum atomic E-state index is -0.0855. The van der Waals surface area contributed by atoms with Gasteiger partial charge in [0.05, 0.1) is 17.8 Å². The Morgan fingerprint density at radius 3 is 2.75 bits per heavy atom. The molecule has 0 saturated carbocycles. The Balaban J connectivity index is 1.67. The van der Waals surface area contributed by atoms with E-state index in [9.17, 15) is 9.59 Å². The van der Waals surface area contributed by atoms with Crippen molar-refractivity contribution in [1.82, 2.24) is 14.5 Å². The van der Waals surface area contributed by atoms with Gasteiger partial charge >= 0.3 is 0 Å².